The van der Waals surface area contributed by atoms with Crippen LogP contribution in [-0.4, -0.2) is 9.97 Å². The van der Waals surface area contributed by atoms with E-state index < -0.39 is 0 Å². The number of fused-ring (bicyclic) bond motifs is 1. The van der Waals surface area contributed by atoms with E-state index in [1.165, 1.54) is 35.4 Å². The van der Waals surface area contributed by atoms with Crippen LogP contribution in [0.15, 0.2) is 30.6 Å². The summed E-state index contributed by atoms with van der Waals surface area (Å²) in [4.78, 5) is 7.64. The second-order valence-corrected chi connectivity index (χ2v) is 4.62. The minimum absolute atomic E-state index is 0.598. The second kappa shape index (κ2) is 3.78. The molecule has 1 N–H and O–H groups in total. The minimum atomic E-state index is 0.598. The van der Waals surface area contributed by atoms with Crippen molar-refractivity contribution in [3.05, 3.63) is 53.1 Å². The predicted molar refractivity (Wildman–Crippen MR) is 64.5 cm³/mol. The molecule has 82 valence electrons. The van der Waals surface area contributed by atoms with Crippen molar-refractivity contribution in [3.63, 3.8) is 0 Å². The van der Waals surface area contributed by atoms with Crippen LogP contribution >= 0.6 is 0 Å². The molecule has 1 atom stereocenters. The number of imidazole rings is 1. The maximum Gasteiger partial charge on any atom is 0.0925 e. The fourth-order valence-electron chi connectivity index (χ4n) is 2.71. The first-order valence-electron chi connectivity index (χ1n) is 5.91. The summed E-state index contributed by atoms with van der Waals surface area (Å²) in [5.74, 6) is 0.598. The number of aromatic nitrogens is 2. The lowest BCUT2D eigenvalue weighted by Gasteiger charge is -2.23. The van der Waals surface area contributed by atoms with Crippen molar-refractivity contribution in [2.24, 2.45) is 0 Å². The molecule has 3 rings (SSSR count). The third-order valence-electron chi connectivity index (χ3n) is 3.60. The molecule has 1 unspecified atom stereocenters. The molecule has 0 saturated carbocycles. The summed E-state index contributed by atoms with van der Waals surface area (Å²) in [5, 5.41) is 0. The molecule has 0 spiro atoms. The molecule has 2 nitrogen and oxygen atoms in total. The van der Waals surface area contributed by atoms with Crippen LogP contribution in [0.25, 0.3) is 0 Å². The SMILES string of the molecule is Cc1[nH]cnc1C1CCc2ccccc2C1. The number of nitrogens with zero attached hydrogens (tertiary/aromatic N) is 1. The number of H-pyrrole nitrogens is 1. The van der Waals surface area contributed by atoms with Crippen molar-refractivity contribution in [2.45, 2.75) is 32.1 Å². The zero-order valence-electron chi connectivity index (χ0n) is 9.53. The van der Waals surface area contributed by atoms with E-state index in [9.17, 15) is 0 Å². The number of aryl methyl sites for hydroxylation is 2. The van der Waals surface area contributed by atoms with E-state index in [2.05, 4.69) is 41.2 Å². The Morgan fingerprint density at radius 2 is 2.06 bits per heavy atom. The van der Waals surface area contributed by atoms with Crippen LogP contribution in [0.5, 0.6) is 0 Å². The third-order valence-corrected chi connectivity index (χ3v) is 3.60. The van der Waals surface area contributed by atoms with Gasteiger partial charge in [-0.15, -0.1) is 0 Å². The van der Waals surface area contributed by atoms with Crippen molar-refractivity contribution < 1.29 is 0 Å². The molecule has 2 heteroatoms. The Hall–Kier alpha value is -1.57. The van der Waals surface area contributed by atoms with Gasteiger partial charge in [-0.2, -0.15) is 0 Å². The first kappa shape index (κ1) is 9.64. The molecule has 0 aliphatic heterocycles. The molecule has 1 aromatic heterocycles. The van der Waals surface area contributed by atoms with Crippen molar-refractivity contribution in [3.8, 4) is 0 Å². The van der Waals surface area contributed by atoms with Gasteiger partial charge in [-0.3, -0.25) is 0 Å². The molecule has 1 heterocycles. The van der Waals surface area contributed by atoms with E-state index in [1.807, 2.05) is 6.33 Å². The Kier molecular flexibility index (Phi) is 2.28. The Balaban J connectivity index is 1.91. The summed E-state index contributed by atoms with van der Waals surface area (Å²) >= 11 is 0. The van der Waals surface area contributed by atoms with Crippen LogP contribution in [0.2, 0.25) is 0 Å². The van der Waals surface area contributed by atoms with Gasteiger partial charge in [-0.1, -0.05) is 24.3 Å². The van der Waals surface area contributed by atoms with E-state index >= 15 is 0 Å². The molecule has 1 aromatic carbocycles. The lowest BCUT2D eigenvalue weighted by atomic mass is 9.82. The van der Waals surface area contributed by atoms with Gasteiger partial charge in [0.25, 0.3) is 0 Å². The summed E-state index contributed by atoms with van der Waals surface area (Å²) in [5.41, 5.74) is 5.51. The van der Waals surface area contributed by atoms with E-state index in [-0.39, 0.29) is 0 Å². The standard InChI is InChI=1S/C14H16N2/c1-10-14(16-9-15-10)13-7-6-11-4-2-3-5-12(11)8-13/h2-5,9,13H,6-8H2,1H3,(H,15,16). The third kappa shape index (κ3) is 1.54. The molecule has 1 aliphatic carbocycles. The lowest BCUT2D eigenvalue weighted by Crippen LogP contribution is -2.13. The zero-order valence-corrected chi connectivity index (χ0v) is 9.53. The number of aromatic amines is 1. The summed E-state index contributed by atoms with van der Waals surface area (Å²) in [6.07, 6.45) is 5.36. The van der Waals surface area contributed by atoms with Gasteiger partial charge >= 0.3 is 0 Å². The fourth-order valence-corrected chi connectivity index (χ4v) is 2.71. The summed E-state index contributed by atoms with van der Waals surface area (Å²) < 4.78 is 0. The molecule has 0 bridgehead atoms. The van der Waals surface area contributed by atoms with E-state index in [1.54, 1.807) is 0 Å². The second-order valence-electron chi connectivity index (χ2n) is 4.62. The monoisotopic (exact) mass is 212 g/mol. The van der Waals surface area contributed by atoms with Crippen molar-refractivity contribution in [2.75, 3.05) is 0 Å². The maximum absolute atomic E-state index is 4.46. The largest absolute Gasteiger partial charge is 0.348 e. The molecule has 16 heavy (non-hydrogen) atoms. The van der Waals surface area contributed by atoms with Gasteiger partial charge in [0.15, 0.2) is 0 Å². The molecule has 0 radical (unpaired) electrons. The number of hydrogen-bond acceptors (Lipinski definition) is 1. The van der Waals surface area contributed by atoms with Crippen LogP contribution in [0.1, 0.15) is 34.9 Å². The number of hydrogen-bond donors (Lipinski definition) is 1. The molecular weight excluding hydrogens is 196 g/mol. The summed E-state index contributed by atoms with van der Waals surface area (Å²) in [6.45, 7) is 2.11. The number of benzene rings is 1. The Bertz CT molecular complexity index is 499. The normalized spacial score (nSPS) is 19.4. The molecule has 1 aliphatic rings. The van der Waals surface area contributed by atoms with Gasteiger partial charge in [-0.05, 0) is 37.3 Å². The highest BCUT2D eigenvalue weighted by Crippen LogP contribution is 2.32. The van der Waals surface area contributed by atoms with Crippen LogP contribution in [-0.2, 0) is 12.8 Å². The fraction of sp³-hybridized carbons (Fsp3) is 0.357. The summed E-state index contributed by atoms with van der Waals surface area (Å²) in [6, 6.07) is 8.78. The smallest absolute Gasteiger partial charge is 0.0925 e. The molecule has 0 fully saturated rings. The first-order chi connectivity index (χ1) is 7.84. The highest BCUT2D eigenvalue weighted by molar-refractivity contribution is 5.33. The van der Waals surface area contributed by atoms with Gasteiger partial charge in [-0.25, -0.2) is 4.98 Å². The Labute approximate surface area is 95.7 Å². The van der Waals surface area contributed by atoms with Gasteiger partial charge in [0.05, 0.1) is 12.0 Å². The van der Waals surface area contributed by atoms with E-state index in [4.69, 9.17) is 0 Å². The predicted octanol–water partition coefficient (Wildman–Crippen LogP) is 2.99. The quantitative estimate of drug-likeness (QED) is 0.773. The summed E-state index contributed by atoms with van der Waals surface area (Å²) in [7, 11) is 0. The van der Waals surface area contributed by atoms with Crippen LogP contribution in [0.4, 0.5) is 0 Å². The van der Waals surface area contributed by atoms with Gasteiger partial charge in [0, 0.05) is 11.6 Å². The highest BCUT2D eigenvalue weighted by atomic mass is 14.9. The van der Waals surface area contributed by atoms with Crippen LogP contribution in [0, 0.1) is 6.92 Å². The van der Waals surface area contributed by atoms with E-state index in [0.717, 1.165) is 6.42 Å². The van der Waals surface area contributed by atoms with Crippen molar-refractivity contribution in [1.29, 1.82) is 0 Å². The lowest BCUT2D eigenvalue weighted by molar-refractivity contribution is 0.570. The van der Waals surface area contributed by atoms with Crippen LogP contribution in [0.3, 0.4) is 0 Å². The Morgan fingerprint density at radius 3 is 2.81 bits per heavy atom. The molecule has 0 amide bonds. The van der Waals surface area contributed by atoms with Gasteiger partial charge in [0.2, 0.25) is 0 Å². The molecule has 0 saturated heterocycles. The first-order valence-corrected chi connectivity index (χ1v) is 5.91. The highest BCUT2D eigenvalue weighted by Gasteiger charge is 2.22. The topological polar surface area (TPSA) is 28.7 Å². The Morgan fingerprint density at radius 1 is 1.25 bits per heavy atom. The molecule has 2 aromatic rings. The molecular formula is C14H16N2. The number of nitrogens with one attached hydrogen (secondary N) is 1. The zero-order chi connectivity index (χ0) is 11.0. The van der Waals surface area contributed by atoms with E-state index in [0.29, 0.717) is 5.92 Å². The number of rotatable bonds is 1. The van der Waals surface area contributed by atoms with Gasteiger partial charge < -0.3 is 4.98 Å². The average molecular weight is 212 g/mol. The van der Waals surface area contributed by atoms with Crippen molar-refractivity contribution in [1.82, 2.24) is 9.97 Å². The van der Waals surface area contributed by atoms with Gasteiger partial charge in [0.1, 0.15) is 0 Å². The maximum atomic E-state index is 4.46. The minimum Gasteiger partial charge on any atom is -0.348 e. The van der Waals surface area contributed by atoms with Crippen molar-refractivity contribution >= 4 is 0 Å². The van der Waals surface area contributed by atoms with Crippen LogP contribution < -0.4 is 0 Å². The average Bonchev–Trinajstić information content (AvgIpc) is 2.75.